The van der Waals surface area contributed by atoms with E-state index in [0.29, 0.717) is 95.4 Å². The zero-order valence-corrected chi connectivity index (χ0v) is 40.2. The summed E-state index contributed by atoms with van der Waals surface area (Å²) in [6, 6.07) is 8.87. The van der Waals surface area contributed by atoms with Crippen LogP contribution >= 0.6 is 10.7 Å². The van der Waals surface area contributed by atoms with Gasteiger partial charge in [-0.3, -0.25) is 19.0 Å². The number of quaternary nitrogens is 1. The Bertz CT molecular complexity index is 2950. The number of rotatable bonds is 13. The van der Waals surface area contributed by atoms with Gasteiger partial charge < -0.3 is 32.2 Å². The molecule has 6 heterocycles. The van der Waals surface area contributed by atoms with Crippen molar-refractivity contribution in [1.29, 1.82) is 0 Å². The van der Waals surface area contributed by atoms with Gasteiger partial charge in [-0.1, -0.05) is 40.5 Å². The number of nitrogens with zero attached hydrogens (tertiary/aromatic N) is 7. The predicted molar refractivity (Wildman–Crippen MR) is 248 cm³/mol. The molecule has 2 saturated heterocycles. The smallest absolute Gasteiger partial charge is 0.277 e. The normalized spacial score (nSPS) is 14.5. The number of hydrogen-bond donors (Lipinski definition) is 3. The molecule has 0 bridgehead atoms. The van der Waals surface area contributed by atoms with Crippen molar-refractivity contribution in [2.45, 2.75) is 77.0 Å². The first-order valence-electron chi connectivity index (χ1n) is 21.1. The number of sulfonamides is 1. The lowest BCUT2D eigenvalue weighted by Gasteiger charge is -2.35. The van der Waals surface area contributed by atoms with Crippen LogP contribution in [0.1, 0.15) is 65.8 Å². The van der Waals surface area contributed by atoms with Gasteiger partial charge in [0.25, 0.3) is 20.2 Å². The lowest BCUT2D eigenvalue weighted by molar-refractivity contribution is -0.721. The summed E-state index contributed by atoms with van der Waals surface area (Å²) in [7, 11) is 1.30. The van der Waals surface area contributed by atoms with Crippen molar-refractivity contribution in [2.75, 3.05) is 39.4 Å². The molecule has 4 N–H and O–H groups in total. The van der Waals surface area contributed by atoms with E-state index in [1.165, 1.54) is 57.1 Å². The number of aryl methyl sites for hydroxylation is 4. The van der Waals surface area contributed by atoms with E-state index in [9.17, 15) is 26.4 Å². The first-order valence-corrected chi connectivity index (χ1v) is 24.9. The van der Waals surface area contributed by atoms with Gasteiger partial charge in [0.2, 0.25) is 10.0 Å². The zero-order chi connectivity index (χ0) is 45.8. The molecular weight excluding hydrogens is 884 g/mol. The summed E-state index contributed by atoms with van der Waals surface area (Å²) in [5, 5.41) is 11.1. The van der Waals surface area contributed by atoms with Gasteiger partial charge in [0.05, 0.1) is 64.5 Å². The molecule has 0 saturated carbocycles. The second kappa shape index (κ2) is 20.8. The number of fused-ring (bicyclic) bond motifs is 2. The highest BCUT2D eigenvalue weighted by Gasteiger charge is 2.35. The predicted octanol–water partition coefficient (Wildman–Crippen LogP) is 4.57. The number of aromatic amines is 2. The topological polar surface area (TPSA) is 234 Å². The summed E-state index contributed by atoms with van der Waals surface area (Å²) < 4.78 is 65.3. The fourth-order valence-electron chi connectivity index (χ4n) is 7.31. The average Bonchev–Trinajstić information content (AvgIpc) is 3.71. The molecule has 0 radical (unpaired) electrons. The molecule has 2 aliphatic rings. The largest absolute Gasteiger partial charge is 0.493 e. The Kier molecular flexibility index (Phi) is 16.2. The van der Waals surface area contributed by atoms with Crippen molar-refractivity contribution in [3.8, 4) is 34.3 Å². The maximum atomic E-state index is 13.0. The molecule has 2 aromatic carbocycles. The van der Waals surface area contributed by atoms with E-state index in [4.69, 9.17) is 20.2 Å². The van der Waals surface area contributed by atoms with Gasteiger partial charge >= 0.3 is 0 Å². The van der Waals surface area contributed by atoms with Crippen molar-refractivity contribution in [1.82, 2.24) is 43.8 Å². The fraction of sp³-hybridized carbons (Fsp3) is 0.465. The van der Waals surface area contributed by atoms with Crippen LogP contribution in [0.25, 0.3) is 44.8 Å². The van der Waals surface area contributed by atoms with E-state index in [1.54, 1.807) is 27.1 Å². The van der Waals surface area contributed by atoms with E-state index in [2.05, 4.69) is 42.4 Å². The lowest BCUT2D eigenvalue weighted by atomic mass is 10.1. The van der Waals surface area contributed by atoms with Crippen LogP contribution in [-0.2, 0) is 46.0 Å². The van der Waals surface area contributed by atoms with Gasteiger partial charge in [0, 0.05) is 37.9 Å². The molecule has 0 spiro atoms. The Morgan fingerprint density at radius 1 is 0.719 bits per heavy atom. The number of aromatic nitrogens is 8. The number of benzene rings is 2. The monoisotopic (exact) mass is 942 g/mol. The van der Waals surface area contributed by atoms with Crippen molar-refractivity contribution in [3.63, 3.8) is 0 Å². The second-order valence-corrected chi connectivity index (χ2v) is 20.3. The van der Waals surface area contributed by atoms with Crippen LogP contribution < -0.4 is 25.9 Å². The molecule has 0 amide bonds. The van der Waals surface area contributed by atoms with Gasteiger partial charge in [-0.15, -0.1) is 0 Å². The van der Waals surface area contributed by atoms with Crippen molar-refractivity contribution in [2.24, 2.45) is 25.9 Å². The standard InChI is InChI=1S/C21H27N5O4S.C17H19ClN4O4S.C4H9N.CH3/c1-5-7-16-18-19(25(4)24-16)21(27)23-20(22-18)15-10-14(8-9-17(15)30-6-2)31(28,29)26-11-13(3)12-26;1-4-6-12-14-15(22(3)21-12)17(23)20-16(19-14)11-9-10(27(18,24)25)7-8-13(11)26-5-2;1-4-2-5-3-4;/h8-10,13H,5-7,11-12H2,1-4H3,(H,22,23,27);7-9H,4-6H2,1-3H3,(H,19,20,23);4-5H,2-3H2,1H3;1H3/q;;;-1/p+1. The van der Waals surface area contributed by atoms with Gasteiger partial charge in [-0.2, -0.15) is 14.5 Å². The highest BCUT2D eigenvalue weighted by molar-refractivity contribution is 8.13. The first kappa shape index (κ1) is 49.9. The van der Waals surface area contributed by atoms with Crippen molar-refractivity contribution >= 4 is 51.8 Å². The maximum Gasteiger partial charge on any atom is 0.277 e. The van der Waals surface area contributed by atoms with Crippen LogP contribution in [0.5, 0.6) is 11.5 Å². The molecule has 0 aliphatic carbocycles. The van der Waals surface area contributed by atoms with Crippen molar-refractivity contribution < 1.29 is 31.6 Å². The first-order chi connectivity index (χ1) is 29.9. The SMILES string of the molecule is CC1C[NH2+]C1.CCCc1nn(C)c2c(=O)[nH]c(-c3cc(S(=O)(=O)Cl)ccc3OCC)nc12.CCCc1nn(C)c2c(=O)[nH]c(-c3cc(S(=O)(=O)N4CC(C)C4)ccc3OCC)nc12.[CH3-]. The molecule has 0 atom stereocenters. The lowest BCUT2D eigenvalue weighted by Crippen LogP contribution is -2.95. The molecule has 4 aromatic heterocycles. The maximum absolute atomic E-state index is 13.0. The van der Waals surface area contributed by atoms with Crippen LogP contribution in [0, 0.1) is 19.3 Å². The van der Waals surface area contributed by atoms with Gasteiger partial charge in [-0.05, 0) is 69.0 Å². The highest BCUT2D eigenvalue weighted by atomic mass is 35.7. The van der Waals surface area contributed by atoms with Crippen LogP contribution in [0.3, 0.4) is 0 Å². The quantitative estimate of drug-likeness (QED) is 0.107. The molecule has 2 fully saturated rings. The van der Waals surface area contributed by atoms with Gasteiger partial charge in [-0.25, -0.2) is 26.8 Å². The third-order valence-corrected chi connectivity index (χ3v) is 13.8. The van der Waals surface area contributed by atoms with E-state index >= 15 is 0 Å². The summed E-state index contributed by atoms with van der Waals surface area (Å²) in [5.41, 5.74) is 3.29. The minimum atomic E-state index is -3.95. The van der Waals surface area contributed by atoms with E-state index < -0.39 is 19.1 Å². The summed E-state index contributed by atoms with van der Waals surface area (Å²) in [6.07, 6.45) is 3.07. The summed E-state index contributed by atoms with van der Waals surface area (Å²) >= 11 is 0. The summed E-state index contributed by atoms with van der Waals surface area (Å²) in [6.45, 7) is 16.5. The molecule has 64 heavy (non-hydrogen) atoms. The third-order valence-electron chi connectivity index (χ3n) is 10.6. The Morgan fingerprint density at radius 3 is 1.50 bits per heavy atom. The zero-order valence-electron chi connectivity index (χ0n) is 37.9. The molecule has 0 unspecified atom stereocenters. The fourth-order valence-corrected chi connectivity index (χ4v) is 9.79. The number of halogens is 1. The number of nitrogens with two attached hydrogens (primary N) is 1. The molecule has 348 valence electrons. The molecular formula is C43H59ClN10O8S2. The average molecular weight is 944 g/mol. The molecule has 6 aromatic rings. The highest BCUT2D eigenvalue weighted by Crippen LogP contribution is 2.34. The van der Waals surface area contributed by atoms with Crippen LogP contribution in [0.15, 0.2) is 55.8 Å². The minimum Gasteiger partial charge on any atom is -0.493 e. The Labute approximate surface area is 378 Å². The Hall–Kier alpha value is -5.15. The van der Waals surface area contributed by atoms with E-state index in [-0.39, 0.29) is 40.0 Å². The van der Waals surface area contributed by atoms with Crippen LogP contribution in [0.2, 0.25) is 0 Å². The van der Waals surface area contributed by atoms with E-state index in [1.807, 2.05) is 27.7 Å². The molecule has 18 nitrogen and oxygen atoms in total. The van der Waals surface area contributed by atoms with E-state index in [0.717, 1.165) is 24.5 Å². The molecule has 21 heteroatoms. The van der Waals surface area contributed by atoms with Crippen LogP contribution in [0.4, 0.5) is 0 Å². The second-order valence-electron chi connectivity index (χ2n) is 15.8. The van der Waals surface area contributed by atoms with Gasteiger partial charge in [0.1, 0.15) is 34.2 Å². The Balaban J connectivity index is 0.000000215. The summed E-state index contributed by atoms with van der Waals surface area (Å²) in [4.78, 5) is 40.2. The Morgan fingerprint density at radius 2 is 1.14 bits per heavy atom. The summed E-state index contributed by atoms with van der Waals surface area (Å²) in [5.74, 6) is 2.67. The molecule has 2 aliphatic heterocycles. The van der Waals surface area contributed by atoms with Crippen LogP contribution in [-0.4, -0.2) is 100 Å². The van der Waals surface area contributed by atoms with Crippen molar-refractivity contribution in [3.05, 3.63) is 75.9 Å². The molecule has 8 rings (SSSR count). The van der Waals surface area contributed by atoms with Gasteiger partial charge in [0.15, 0.2) is 11.0 Å². The number of H-pyrrole nitrogens is 2. The third kappa shape index (κ3) is 10.7. The number of nitrogens with one attached hydrogen (secondary N) is 2. The number of ether oxygens (including phenoxy) is 2. The minimum absolute atomic E-state index is 0. The number of hydrogen-bond acceptors (Lipinski definition) is 12.